The molecular weight excluding hydrogens is 344 g/mol. The summed E-state index contributed by atoms with van der Waals surface area (Å²) in [6.45, 7) is 9.58. The molecule has 0 amide bonds. The molecule has 140 valence electrons. The molecule has 0 aliphatic carbocycles. The van der Waals surface area contributed by atoms with Gasteiger partial charge >= 0.3 is 13.3 Å². The molecule has 0 unspecified atom stereocenters. The third-order valence-electron chi connectivity index (χ3n) is 5.06. The van der Waals surface area contributed by atoms with Crippen LogP contribution in [-0.4, -0.2) is 28.1 Å². The molecule has 1 aromatic carbocycles. The van der Waals surface area contributed by atoms with Gasteiger partial charge in [-0.15, -0.1) is 0 Å². The number of aromatic nitrogens is 2. The number of aryl methyl sites for hydroxylation is 1. The van der Waals surface area contributed by atoms with E-state index < -0.39 is 23.1 Å². The van der Waals surface area contributed by atoms with Crippen molar-refractivity contribution in [2.75, 3.05) is 0 Å². The Morgan fingerprint density at radius 1 is 1.04 bits per heavy atom. The lowest BCUT2D eigenvalue weighted by molar-refractivity contribution is -0.141. The van der Waals surface area contributed by atoms with Crippen LogP contribution in [0.25, 0.3) is 5.69 Å². The predicted molar refractivity (Wildman–Crippen MR) is 93.1 cm³/mol. The first-order valence-corrected chi connectivity index (χ1v) is 8.48. The lowest BCUT2D eigenvalue weighted by atomic mass is 9.81. The first-order chi connectivity index (χ1) is 11.9. The first kappa shape index (κ1) is 19.0. The van der Waals surface area contributed by atoms with Gasteiger partial charge in [-0.05, 0) is 58.4 Å². The van der Waals surface area contributed by atoms with Crippen LogP contribution < -0.4 is 0 Å². The standard InChI is InChI=1S/C18H22BF3N2O2/c1-12-10-15(18(20,21)22)23-24(12)14-8-6-13(7-9-14)11-19-25-16(2,3)17(4,5)26-19/h6-10H,11H2,1-5H3. The van der Waals surface area contributed by atoms with E-state index in [0.717, 1.165) is 11.6 Å². The summed E-state index contributed by atoms with van der Waals surface area (Å²) < 4.78 is 51.7. The van der Waals surface area contributed by atoms with Gasteiger partial charge in [-0.1, -0.05) is 12.1 Å². The summed E-state index contributed by atoms with van der Waals surface area (Å²) >= 11 is 0. The van der Waals surface area contributed by atoms with Crippen LogP contribution >= 0.6 is 0 Å². The molecule has 2 aromatic rings. The van der Waals surface area contributed by atoms with Gasteiger partial charge in [0, 0.05) is 12.0 Å². The fourth-order valence-electron chi connectivity index (χ4n) is 2.89. The van der Waals surface area contributed by atoms with Gasteiger partial charge in [0.2, 0.25) is 0 Å². The third-order valence-corrected chi connectivity index (χ3v) is 5.06. The number of alkyl halides is 3. The Hall–Kier alpha value is -1.80. The molecule has 26 heavy (non-hydrogen) atoms. The Kier molecular flexibility index (Phi) is 4.47. The van der Waals surface area contributed by atoms with E-state index in [9.17, 15) is 13.2 Å². The monoisotopic (exact) mass is 366 g/mol. The zero-order valence-corrected chi connectivity index (χ0v) is 15.5. The molecule has 1 aromatic heterocycles. The van der Waals surface area contributed by atoms with E-state index >= 15 is 0 Å². The van der Waals surface area contributed by atoms with Crippen LogP contribution in [0.1, 0.15) is 44.6 Å². The van der Waals surface area contributed by atoms with E-state index in [0.29, 0.717) is 17.7 Å². The van der Waals surface area contributed by atoms with Crippen molar-refractivity contribution in [2.24, 2.45) is 0 Å². The van der Waals surface area contributed by atoms with Gasteiger partial charge in [-0.25, -0.2) is 4.68 Å². The van der Waals surface area contributed by atoms with Gasteiger partial charge in [-0.2, -0.15) is 18.3 Å². The SMILES string of the molecule is Cc1cc(C(F)(F)F)nn1-c1ccc(CB2OC(C)(C)C(C)(C)O2)cc1. The maximum Gasteiger partial charge on any atom is 0.462 e. The van der Waals surface area contributed by atoms with Crippen LogP contribution in [0.3, 0.4) is 0 Å². The summed E-state index contributed by atoms with van der Waals surface area (Å²) in [5, 5.41) is 3.66. The van der Waals surface area contributed by atoms with Crippen LogP contribution in [0.15, 0.2) is 30.3 Å². The molecule has 0 bridgehead atoms. The van der Waals surface area contributed by atoms with E-state index in [1.807, 2.05) is 39.8 Å². The summed E-state index contributed by atoms with van der Waals surface area (Å²) in [4.78, 5) is 0. The second kappa shape index (κ2) is 6.13. The average Bonchev–Trinajstić information content (AvgIpc) is 2.97. The largest absolute Gasteiger partial charge is 0.462 e. The molecule has 0 saturated carbocycles. The number of halogens is 3. The van der Waals surface area contributed by atoms with E-state index in [1.165, 1.54) is 4.68 Å². The Balaban J connectivity index is 1.75. The molecule has 1 saturated heterocycles. The molecular formula is C18H22BF3N2O2. The highest BCUT2D eigenvalue weighted by molar-refractivity contribution is 6.45. The summed E-state index contributed by atoms with van der Waals surface area (Å²) in [5.41, 5.74) is 0.311. The van der Waals surface area contributed by atoms with E-state index in [-0.39, 0.29) is 7.12 Å². The predicted octanol–water partition coefficient (Wildman–Crippen LogP) is 4.37. The van der Waals surface area contributed by atoms with Crippen molar-refractivity contribution in [2.45, 2.75) is 58.3 Å². The van der Waals surface area contributed by atoms with Crippen LogP contribution in [-0.2, 0) is 21.8 Å². The zero-order chi connectivity index (χ0) is 19.3. The number of rotatable bonds is 3. The Bertz CT molecular complexity index is 782. The van der Waals surface area contributed by atoms with Crippen LogP contribution in [0.2, 0.25) is 0 Å². The maximum atomic E-state index is 12.8. The van der Waals surface area contributed by atoms with Crippen molar-refractivity contribution in [1.29, 1.82) is 0 Å². The molecule has 8 heteroatoms. The quantitative estimate of drug-likeness (QED) is 0.757. The summed E-state index contributed by atoms with van der Waals surface area (Å²) in [6, 6.07) is 8.25. The molecule has 0 spiro atoms. The van der Waals surface area contributed by atoms with Crippen molar-refractivity contribution in [1.82, 2.24) is 9.78 Å². The smallest absolute Gasteiger partial charge is 0.403 e. The Morgan fingerprint density at radius 3 is 2.04 bits per heavy atom. The van der Waals surface area contributed by atoms with Crippen molar-refractivity contribution < 1.29 is 22.5 Å². The zero-order valence-electron chi connectivity index (χ0n) is 15.5. The second-order valence-corrected chi connectivity index (χ2v) is 7.64. The van der Waals surface area contributed by atoms with Crippen LogP contribution in [0.4, 0.5) is 13.2 Å². The van der Waals surface area contributed by atoms with E-state index in [1.54, 1.807) is 19.1 Å². The summed E-state index contributed by atoms with van der Waals surface area (Å²) in [7, 11) is -0.353. The lowest BCUT2D eigenvalue weighted by Gasteiger charge is -2.32. The molecule has 2 heterocycles. The average molecular weight is 366 g/mol. The van der Waals surface area contributed by atoms with Crippen LogP contribution in [0.5, 0.6) is 0 Å². The normalized spacial score (nSPS) is 19.2. The van der Waals surface area contributed by atoms with Crippen LogP contribution in [0, 0.1) is 6.92 Å². The third kappa shape index (κ3) is 3.53. The highest BCUT2D eigenvalue weighted by atomic mass is 19.4. The summed E-state index contributed by atoms with van der Waals surface area (Å²) in [6.07, 6.45) is -3.88. The van der Waals surface area contributed by atoms with Gasteiger partial charge < -0.3 is 9.31 Å². The second-order valence-electron chi connectivity index (χ2n) is 7.64. The Morgan fingerprint density at radius 2 is 1.58 bits per heavy atom. The molecule has 1 fully saturated rings. The molecule has 4 nitrogen and oxygen atoms in total. The summed E-state index contributed by atoms with van der Waals surface area (Å²) in [5.74, 6) is 0. The van der Waals surface area contributed by atoms with Crippen molar-refractivity contribution in [3.8, 4) is 5.69 Å². The first-order valence-electron chi connectivity index (χ1n) is 8.48. The van der Waals surface area contributed by atoms with Gasteiger partial charge in [0.25, 0.3) is 0 Å². The molecule has 0 N–H and O–H groups in total. The molecule has 0 atom stereocenters. The topological polar surface area (TPSA) is 36.3 Å². The highest BCUT2D eigenvalue weighted by Gasteiger charge is 2.50. The van der Waals surface area contributed by atoms with Gasteiger partial charge in [0.1, 0.15) is 0 Å². The van der Waals surface area contributed by atoms with Crippen molar-refractivity contribution in [3.63, 3.8) is 0 Å². The number of benzene rings is 1. The minimum Gasteiger partial charge on any atom is -0.403 e. The Labute approximate surface area is 151 Å². The van der Waals surface area contributed by atoms with Gasteiger partial charge in [-0.3, -0.25) is 0 Å². The van der Waals surface area contributed by atoms with Gasteiger partial charge in [0.05, 0.1) is 16.9 Å². The number of hydrogen-bond acceptors (Lipinski definition) is 3. The molecule has 1 aliphatic rings. The number of hydrogen-bond donors (Lipinski definition) is 0. The molecule has 0 radical (unpaired) electrons. The van der Waals surface area contributed by atoms with E-state index in [2.05, 4.69) is 5.10 Å². The maximum absolute atomic E-state index is 12.8. The highest BCUT2D eigenvalue weighted by Crippen LogP contribution is 2.37. The van der Waals surface area contributed by atoms with Gasteiger partial charge in [0.15, 0.2) is 5.69 Å². The minimum absolute atomic E-state index is 0.353. The molecule has 1 aliphatic heterocycles. The molecule has 3 rings (SSSR count). The fraction of sp³-hybridized carbons (Fsp3) is 0.500. The minimum atomic E-state index is -4.45. The fourth-order valence-corrected chi connectivity index (χ4v) is 2.89. The van der Waals surface area contributed by atoms with Crippen molar-refractivity contribution >= 4 is 7.12 Å². The number of nitrogens with zero attached hydrogens (tertiary/aromatic N) is 2. The lowest BCUT2D eigenvalue weighted by Crippen LogP contribution is -2.41. The van der Waals surface area contributed by atoms with E-state index in [4.69, 9.17) is 9.31 Å². The van der Waals surface area contributed by atoms with Crippen molar-refractivity contribution in [3.05, 3.63) is 47.3 Å².